The molecule has 2 aliphatic rings. The minimum absolute atomic E-state index is 0.0313. The molecule has 0 spiro atoms. The molecular formula is C16H17N3OS. The Morgan fingerprint density at radius 2 is 2.19 bits per heavy atom. The van der Waals surface area contributed by atoms with Gasteiger partial charge in [-0.3, -0.25) is 4.79 Å². The molecule has 108 valence electrons. The lowest BCUT2D eigenvalue weighted by Crippen LogP contribution is -2.40. The summed E-state index contributed by atoms with van der Waals surface area (Å²) in [6.07, 6.45) is 4.95. The topological polar surface area (TPSA) is 59.2 Å². The number of nitrogens with two attached hydrogens (primary N) is 1. The van der Waals surface area contributed by atoms with Gasteiger partial charge < -0.3 is 10.6 Å². The maximum Gasteiger partial charge on any atom is 0.272 e. The fourth-order valence-corrected chi connectivity index (χ4v) is 4.09. The van der Waals surface area contributed by atoms with Gasteiger partial charge in [-0.2, -0.15) is 0 Å². The van der Waals surface area contributed by atoms with Gasteiger partial charge in [0.2, 0.25) is 0 Å². The molecule has 2 aromatic heterocycles. The molecule has 5 heteroatoms. The highest BCUT2D eigenvalue weighted by atomic mass is 32.1. The average Bonchev–Trinajstić information content (AvgIpc) is 3.22. The van der Waals surface area contributed by atoms with Crippen molar-refractivity contribution in [2.45, 2.75) is 25.3 Å². The molecule has 0 radical (unpaired) electrons. The Morgan fingerprint density at radius 3 is 2.90 bits per heavy atom. The molecule has 1 unspecified atom stereocenters. The standard InChI is InChI=1S/C16H17N3OS/c17-11-3-4-13(18-9-11)16(20)19-7-5-14-12(6-8-21-14)15(19)10-1-2-10/h3-4,6,8-10,15H,1-2,5,7,17H2. The summed E-state index contributed by atoms with van der Waals surface area (Å²) in [6.45, 7) is 0.791. The Hall–Kier alpha value is -1.88. The highest BCUT2D eigenvalue weighted by Gasteiger charge is 2.42. The number of amides is 1. The van der Waals surface area contributed by atoms with Crippen molar-refractivity contribution in [3.8, 4) is 0 Å². The molecule has 0 aromatic carbocycles. The summed E-state index contributed by atoms with van der Waals surface area (Å²) in [5.74, 6) is 0.653. The van der Waals surface area contributed by atoms with Crippen LogP contribution in [-0.4, -0.2) is 22.3 Å². The van der Waals surface area contributed by atoms with Gasteiger partial charge in [-0.05, 0) is 54.3 Å². The molecule has 1 aliphatic carbocycles. The molecule has 1 fully saturated rings. The first-order valence-corrected chi connectivity index (χ1v) is 8.21. The van der Waals surface area contributed by atoms with E-state index in [9.17, 15) is 4.79 Å². The summed E-state index contributed by atoms with van der Waals surface area (Å²) in [4.78, 5) is 20.5. The summed E-state index contributed by atoms with van der Waals surface area (Å²) in [6, 6.07) is 5.91. The molecule has 1 amide bonds. The van der Waals surface area contributed by atoms with Crippen molar-refractivity contribution >= 4 is 22.9 Å². The minimum atomic E-state index is 0.0313. The van der Waals surface area contributed by atoms with E-state index >= 15 is 0 Å². The van der Waals surface area contributed by atoms with Gasteiger partial charge in [0, 0.05) is 11.4 Å². The Labute approximate surface area is 127 Å². The minimum Gasteiger partial charge on any atom is -0.397 e. The smallest absolute Gasteiger partial charge is 0.272 e. The van der Waals surface area contributed by atoms with Crippen molar-refractivity contribution in [1.29, 1.82) is 0 Å². The number of carbonyl (C=O) groups is 1. The van der Waals surface area contributed by atoms with E-state index < -0.39 is 0 Å². The van der Waals surface area contributed by atoms with Crippen LogP contribution in [0.15, 0.2) is 29.8 Å². The van der Waals surface area contributed by atoms with Crippen LogP contribution >= 0.6 is 11.3 Å². The van der Waals surface area contributed by atoms with Crippen molar-refractivity contribution in [3.05, 3.63) is 45.9 Å². The second-order valence-corrected chi connectivity index (χ2v) is 6.81. The second kappa shape index (κ2) is 4.84. The first kappa shape index (κ1) is 12.8. The Balaban J connectivity index is 1.67. The van der Waals surface area contributed by atoms with Crippen LogP contribution in [0.5, 0.6) is 0 Å². The van der Waals surface area contributed by atoms with Crippen LogP contribution in [0.4, 0.5) is 5.69 Å². The van der Waals surface area contributed by atoms with Crippen molar-refractivity contribution in [2.75, 3.05) is 12.3 Å². The molecule has 4 rings (SSSR count). The lowest BCUT2D eigenvalue weighted by Gasteiger charge is -2.36. The molecule has 1 atom stereocenters. The van der Waals surface area contributed by atoms with E-state index in [0.29, 0.717) is 17.3 Å². The summed E-state index contributed by atoms with van der Waals surface area (Å²) < 4.78 is 0. The van der Waals surface area contributed by atoms with Gasteiger partial charge in [-0.15, -0.1) is 11.3 Å². The normalized spacial score (nSPS) is 21.1. The maximum atomic E-state index is 12.8. The lowest BCUT2D eigenvalue weighted by molar-refractivity contribution is 0.0631. The monoisotopic (exact) mass is 299 g/mol. The third-order valence-corrected chi connectivity index (χ3v) is 5.35. The molecule has 1 aliphatic heterocycles. The van der Waals surface area contributed by atoms with E-state index in [2.05, 4.69) is 16.4 Å². The number of thiophene rings is 1. The van der Waals surface area contributed by atoms with Crippen molar-refractivity contribution in [2.24, 2.45) is 5.92 Å². The maximum absolute atomic E-state index is 12.8. The van der Waals surface area contributed by atoms with Crippen LogP contribution in [0.3, 0.4) is 0 Å². The van der Waals surface area contributed by atoms with Crippen molar-refractivity contribution in [1.82, 2.24) is 9.88 Å². The van der Waals surface area contributed by atoms with Gasteiger partial charge in [-0.1, -0.05) is 0 Å². The molecule has 0 saturated heterocycles. The molecule has 0 bridgehead atoms. The third kappa shape index (κ3) is 2.21. The van der Waals surface area contributed by atoms with Crippen LogP contribution in [-0.2, 0) is 6.42 Å². The van der Waals surface area contributed by atoms with Crippen LogP contribution in [0.25, 0.3) is 0 Å². The molecule has 4 nitrogen and oxygen atoms in total. The van der Waals surface area contributed by atoms with E-state index in [1.165, 1.54) is 23.3 Å². The molecule has 1 saturated carbocycles. The van der Waals surface area contributed by atoms with E-state index in [1.54, 1.807) is 18.3 Å². The zero-order valence-electron chi connectivity index (χ0n) is 11.7. The van der Waals surface area contributed by atoms with Gasteiger partial charge in [0.05, 0.1) is 17.9 Å². The summed E-state index contributed by atoms with van der Waals surface area (Å²) in [5, 5.41) is 2.15. The highest BCUT2D eigenvalue weighted by Crippen LogP contribution is 2.48. The largest absolute Gasteiger partial charge is 0.397 e. The Morgan fingerprint density at radius 1 is 1.33 bits per heavy atom. The zero-order valence-corrected chi connectivity index (χ0v) is 12.5. The predicted molar refractivity (Wildman–Crippen MR) is 83.2 cm³/mol. The van der Waals surface area contributed by atoms with Crippen LogP contribution in [0.2, 0.25) is 0 Å². The van der Waals surface area contributed by atoms with E-state index in [0.717, 1.165) is 13.0 Å². The van der Waals surface area contributed by atoms with E-state index in [1.807, 2.05) is 16.2 Å². The number of carbonyl (C=O) groups excluding carboxylic acids is 1. The number of nitrogen functional groups attached to an aromatic ring is 1. The fourth-order valence-electron chi connectivity index (χ4n) is 3.17. The fraction of sp³-hybridized carbons (Fsp3) is 0.375. The van der Waals surface area contributed by atoms with Crippen LogP contribution in [0, 0.1) is 5.92 Å². The summed E-state index contributed by atoms with van der Waals surface area (Å²) in [7, 11) is 0. The SMILES string of the molecule is Nc1ccc(C(=O)N2CCc3sccc3C2C2CC2)nc1. The van der Waals surface area contributed by atoms with Gasteiger partial charge >= 0.3 is 0 Å². The van der Waals surface area contributed by atoms with Gasteiger partial charge in [0.1, 0.15) is 5.69 Å². The molecular weight excluding hydrogens is 282 g/mol. The number of hydrogen-bond acceptors (Lipinski definition) is 4. The van der Waals surface area contributed by atoms with Gasteiger partial charge in [-0.25, -0.2) is 4.98 Å². The molecule has 3 heterocycles. The average molecular weight is 299 g/mol. The molecule has 2 aromatic rings. The number of fused-ring (bicyclic) bond motifs is 1. The summed E-state index contributed by atoms with van der Waals surface area (Å²) in [5.41, 5.74) is 8.09. The number of hydrogen-bond donors (Lipinski definition) is 1. The molecule has 2 N–H and O–H groups in total. The van der Waals surface area contributed by atoms with Crippen molar-refractivity contribution < 1.29 is 4.79 Å². The van der Waals surface area contributed by atoms with Gasteiger partial charge in [0.15, 0.2) is 0 Å². The Kier molecular flexibility index (Phi) is 2.96. The zero-order chi connectivity index (χ0) is 14.4. The van der Waals surface area contributed by atoms with Crippen molar-refractivity contribution in [3.63, 3.8) is 0 Å². The number of anilines is 1. The number of nitrogens with zero attached hydrogens (tertiary/aromatic N) is 2. The van der Waals surface area contributed by atoms with E-state index in [4.69, 9.17) is 5.73 Å². The predicted octanol–water partition coefficient (Wildman–Crippen LogP) is 2.87. The highest BCUT2D eigenvalue weighted by molar-refractivity contribution is 7.10. The number of aromatic nitrogens is 1. The lowest BCUT2D eigenvalue weighted by atomic mass is 9.95. The van der Waals surface area contributed by atoms with E-state index in [-0.39, 0.29) is 11.9 Å². The summed E-state index contributed by atoms with van der Waals surface area (Å²) >= 11 is 1.82. The number of rotatable bonds is 2. The first-order chi connectivity index (χ1) is 10.2. The first-order valence-electron chi connectivity index (χ1n) is 7.33. The molecule has 21 heavy (non-hydrogen) atoms. The third-order valence-electron chi connectivity index (χ3n) is 4.35. The Bertz CT molecular complexity index is 675. The second-order valence-electron chi connectivity index (χ2n) is 5.81. The van der Waals surface area contributed by atoms with Crippen LogP contribution < -0.4 is 5.73 Å². The van der Waals surface area contributed by atoms with Gasteiger partial charge in [0.25, 0.3) is 5.91 Å². The van der Waals surface area contributed by atoms with Crippen LogP contribution in [0.1, 0.15) is 39.8 Å². The number of pyridine rings is 1. The quantitative estimate of drug-likeness (QED) is 0.927.